The van der Waals surface area contributed by atoms with Crippen LogP contribution in [0.2, 0.25) is 0 Å². The summed E-state index contributed by atoms with van der Waals surface area (Å²) in [6, 6.07) is 0.397. The van der Waals surface area contributed by atoms with Gasteiger partial charge in [-0.05, 0) is 44.6 Å². The van der Waals surface area contributed by atoms with Crippen LogP contribution >= 0.6 is 0 Å². The van der Waals surface area contributed by atoms with E-state index in [1.165, 1.54) is 44.9 Å². The van der Waals surface area contributed by atoms with Gasteiger partial charge in [-0.15, -0.1) is 0 Å². The second kappa shape index (κ2) is 8.63. The molecule has 0 radical (unpaired) electrons. The van der Waals surface area contributed by atoms with Crippen LogP contribution < -0.4 is 5.32 Å². The van der Waals surface area contributed by atoms with E-state index in [0.717, 1.165) is 25.9 Å². The Hall–Kier alpha value is -0.610. The third-order valence-electron chi connectivity index (χ3n) is 4.87. The lowest BCUT2D eigenvalue weighted by Crippen LogP contribution is -2.46. The third kappa shape index (κ3) is 5.06. The van der Waals surface area contributed by atoms with E-state index < -0.39 is 0 Å². The first-order chi connectivity index (χ1) is 9.79. The number of hydrogen-bond donors (Lipinski definition) is 2. The van der Waals surface area contributed by atoms with Crippen molar-refractivity contribution in [2.75, 3.05) is 26.2 Å². The summed E-state index contributed by atoms with van der Waals surface area (Å²) in [4.78, 5) is 14.3. The number of aliphatic hydroxyl groups is 1. The van der Waals surface area contributed by atoms with Crippen LogP contribution in [-0.2, 0) is 4.79 Å². The number of aliphatic hydroxyl groups excluding tert-OH is 1. The third-order valence-corrected chi connectivity index (χ3v) is 4.87. The summed E-state index contributed by atoms with van der Waals surface area (Å²) in [6.45, 7) is 2.60. The fraction of sp³-hybridized carbons (Fsp3) is 0.938. The largest absolute Gasteiger partial charge is 0.396 e. The van der Waals surface area contributed by atoms with Gasteiger partial charge in [-0.3, -0.25) is 9.69 Å². The molecule has 4 nitrogen and oxygen atoms in total. The van der Waals surface area contributed by atoms with Crippen molar-refractivity contribution >= 4 is 5.91 Å². The summed E-state index contributed by atoms with van der Waals surface area (Å²) in [5.74, 6) is 0.864. The molecule has 4 heteroatoms. The standard InChI is InChI=1S/C16H30N2O2/c19-11-9-15-8-4-5-10-18(15)13-16(20)17-12-14-6-2-1-3-7-14/h14-15,19H,1-13H2,(H,17,20). The van der Waals surface area contributed by atoms with Crippen molar-refractivity contribution in [3.63, 3.8) is 0 Å². The van der Waals surface area contributed by atoms with E-state index in [4.69, 9.17) is 5.11 Å². The zero-order chi connectivity index (χ0) is 14.2. The van der Waals surface area contributed by atoms with Crippen LogP contribution in [0.1, 0.15) is 57.8 Å². The quantitative estimate of drug-likeness (QED) is 0.782. The molecule has 1 atom stereocenters. The molecule has 1 unspecified atom stereocenters. The molecular weight excluding hydrogens is 252 g/mol. The van der Waals surface area contributed by atoms with Gasteiger partial charge >= 0.3 is 0 Å². The highest BCUT2D eigenvalue weighted by Gasteiger charge is 2.24. The summed E-state index contributed by atoms with van der Waals surface area (Å²) in [5.41, 5.74) is 0. The van der Waals surface area contributed by atoms with Crippen LogP contribution in [0.25, 0.3) is 0 Å². The zero-order valence-electron chi connectivity index (χ0n) is 12.6. The molecule has 0 spiro atoms. The van der Waals surface area contributed by atoms with Gasteiger partial charge in [-0.2, -0.15) is 0 Å². The molecule has 20 heavy (non-hydrogen) atoms. The minimum Gasteiger partial charge on any atom is -0.396 e. The van der Waals surface area contributed by atoms with E-state index in [1.54, 1.807) is 0 Å². The lowest BCUT2D eigenvalue weighted by molar-refractivity contribution is -0.123. The molecule has 0 bridgehead atoms. The smallest absolute Gasteiger partial charge is 0.234 e. The molecule has 1 saturated heterocycles. The lowest BCUT2D eigenvalue weighted by Gasteiger charge is -2.35. The minimum atomic E-state index is 0.167. The maximum Gasteiger partial charge on any atom is 0.234 e. The van der Waals surface area contributed by atoms with E-state index in [9.17, 15) is 4.79 Å². The average Bonchev–Trinajstić information content (AvgIpc) is 2.49. The molecular formula is C16H30N2O2. The Bertz CT molecular complexity index is 288. The SMILES string of the molecule is O=C(CN1CCCCC1CCO)NCC1CCCCC1. The zero-order valence-corrected chi connectivity index (χ0v) is 12.6. The molecule has 1 saturated carbocycles. The van der Waals surface area contributed by atoms with Gasteiger partial charge < -0.3 is 10.4 Å². The van der Waals surface area contributed by atoms with Crippen molar-refractivity contribution in [1.29, 1.82) is 0 Å². The molecule has 2 aliphatic rings. The van der Waals surface area contributed by atoms with Gasteiger partial charge in [0.25, 0.3) is 0 Å². The number of hydrogen-bond acceptors (Lipinski definition) is 3. The molecule has 2 rings (SSSR count). The number of carbonyl (C=O) groups is 1. The fourth-order valence-electron chi connectivity index (χ4n) is 3.63. The summed E-state index contributed by atoms with van der Waals surface area (Å²) < 4.78 is 0. The first-order valence-corrected chi connectivity index (χ1v) is 8.41. The molecule has 1 heterocycles. The van der Waals surface area contributed by atoms with E-state index in [0.29, 0.717) is 18.5 Å². The summed E-state index contributed by atoms with van der Waals surface area (Å²) in [7, 11) is 0. The number of nitrogens with zero attached hydrogens (tertiary/aromatic N) is 1. The number of rotatable bonds is 6. The van der Waals surface area contributed by atoms with E-state index in [1.807, 2.05) is 0 Å². The van der Waals surface area contributed by atoms with Gasteiger partial charge in [0.05, 0.1) is 6.54 Å². The first-order valence-electron chi connectivity index (χ1n) is 8.41. The summed E-state index contributed by atoms with van der Waals surface area (Å²) in [5, 5.41) is 12.2. The highest BCUT2D eigenvalue weighted by atomic mass is 16.3. The van der Waals surface area contributed by atoms with Crippen LogP contribution in [0.5, 0.6) is 0 Å². The number of piperidine rings is 1. The molecule has 1 aliphatic heterocycles. The molecule has 0 aromatic heterocycles. The van der Waals surface area contributed by atoms with Crippen LogP contribution in [0, 0.1) is 5.92 Å². The number of nitrogens with one attached hydrogen (secondary N) is 1. The van der Waals surface area contributed by atoms with E-state index in [2.05, 4.69) is 10.2 Å². The van der Waals surface area contributed by atoms with Gasteiger partial charge in [-0.1, -0.05) is 25.7 Å². The van der Waals surface area contributed by atoms with E-state index in [-0.39, 0.29) is 12.5 Å². The average molecular weight is 282 g/mol. The highest BCUT2D eigenvalue weighted by Crippen LogP contribution is 2.23. The summed E-state index contributed by atoms with van der Waals surface area (Å²) in [6.07, 6.45) is 10.9. The van der Waals surface area contributed by atoms with Gasteiger partial charge in [0, 0.05) is 19.2 Å². The Balaban J connectivity index is 1.69. The maximum absolute atomic E-state index is 12.1. The highest BCUT2D eigenvalue weighted by molar-refractivity contribution is 5.78. The molecule has 2 N–H and O–H groups in total. The van der Waals surface area contributed by atoms with Crippen molar-refractivity contribution in [2.24, 2.45) is 5.92 Å². The molecule has 2 fully saturated rings. The summed E-state index contributed by atoms with van der Waals surface area (Å²) >= 11 is 0. The van der Waals surface area contributed by atoms with Crippen LogP contribution in [0.4, 0.5) is 0 Å². The number of carbonyl (C=O) groups excluding carboxylic acids is 1. The molecule has 116 valence electrons. The predicted molar refractivity (Wildman–Crippen MR) is 80.5 cm³/mol. The first kappa shape index (κ1) is 15.8. The maximum atomic E-state index is 12.1. The van der Waals surface area contributed by atoms with Crippen molar-refractivity contribution < 1.29 is 9.90 Å². The topological polar surface area (TPSA) is 52.6 Å². The second-order valence-electron chi connectivity index (χ2n) is 6.44. The Kier molecular flexibility index (Phi) is 6.80. The molecule has 1 aliphatic carbocycles. The monoisotopic (exact) mass is 282 g/mol. The van der Waals surface area contributed by atoms with Crippen molar-refractivity contribution in [2.45, 2.75) is 63.8 Å². The van der Waals surface area contributed by atoms with Crippen LogP contribution in [0.3, 0.4) is 0 Å². The number of amides is 1. The van der Waals surface area contributed by atoms with E-state index >= 15 is 0 Å². The minimum absolute atomic E-state index is 0.167. The predicted octanol–water partition coefficient (Wildman–Crippen LogP) is 1.92. The Morgan fingerprint density at radius 3 is 2.60 bits per heavy atom. The van der Waals surface area contributed by atoms with Crippen molar-refractivity contribution in [3.05, 3.63) is 0 Å². The van der Waals surface area contributed by atoms with Gasteiger partial charge in [0.15, 0.2) is 0 Å². The normalized spacial score (nSPS) is 25.6. The van der Waals surface area contributed by atoms with Crippen LogP contribution in [-0.4, -0.2) is 48.2 Å². The Morgan fingerprint density at radius 2 is 1.85 bits per heavy atom. The van der Waals surface area contributed by atoms with Gasteiger partial charge in [0.2, 0.25) is 5.91 Å². The van der Waals surface area contributed by atoms with Gasteiger partial charge in [0.1, 0.15) is 0 Å². The fourth-order valence-corrected chi connectivity index (χ4v) is 3.63. The second-order valence-corrected chi connectivity index (χ2v) is 6.44. The lowest BCUT2D eigenvalue weighted by atomic mass is 9.89. The molecule has 0 aromatic rings. The molecule has 0 aromatic carbocycles. The molecule has 1 amide bonds. The van der Waals surface area contributed by atoms with Crippen LogP contribution in [0.15, 0.2) is 0 Å². The van der Waals surface area contributed by atoms with Crippen molar-refractivity contribution in [3.8, 4) is 0 Å². The Labute approximate surface area is 122 Å². The Morgan fingerprint density at radius 1 is 1.10 bits per heavy atom. The van der Waals surface area contributed by atoms with Crippen molar-refractivity contribution in [1.82, 2.24) is 10.2 Å². The number of likely N-dealkylation sites (tertiary alicyclic amines) is 1. The van der Waals surface area contributed by atoms with Gasteiger partial charge in [-0.25, -0.2) is 0 Å².